The van der Waals surface area contributed by atoms with Crippen molar-refractivity contribution in [3.05, 3.63) is 65.2 Å². The first-order valence-electron chi connectivity index (χ1n) is 9.33. The second-order valence-corrected chi connectivity index (χ2v) is 9.61. The minimum Gasteiger partial charge on any atom is -0.497 e. The van der Waals surface area contributed by atoms with Crippen LogP contribution in [0.4, 0.5) is 5.69 Å². The Balaban J connectivity index is 1.42. The fourth-order valence-electron chi connectivity index (χ4n) is 3.18. The Kier molecular flexibility index (Phi) is 5.74. The highest BCUT2D eigenvalue weighted by molar-refractivity contribution is 7.93. The van der Waals surface area contributed by atoms with Crippen LogP contribution in [-0.2, 0) is 21.4 Å². The van der Waals surface area contributed by atoms with Crippen molar-refractivity contribution in [2.75, 3.05) is 23.7 Å². The summed E-state index contributed by atoms with van der Waals surface area (Å²) < 4.78 is 36.1. The van der Waals surface area contributed by atoms with Gasteiger partial charge in [0.1, 0.15) is 17.4 Å². The molecular weight excluding hydrogens is 424 g/mol. The average molecular weight is 445 g/mol. The van der Waals surface area contributed by atoms with Crippen molar-refractivity contribution in [3.63, 3.8) is 0 Å². The maximum atomic E-state index is 12.5. The maximum absolute atomic E-state index is 12.5. The lowest BCUT2D eigenvalue weighted by Crippen LogP contribution is -2.25. The molecule has 7 nitrogen and oxygen atoms in total. The molecule has 0 N–H and O–H groups in total. The van der Waals surface area contributed by atoms with Gasteiger partial charge in [0, 0.05) is 17.5 Å². The minimum atomic E-state index is -3.30. The van der Waals surface area contributed by atoms with Gasteiger partial charge >= 0.3 is 5.97 Å². The van der Waals surface area contributed by atoms with Crippen LogP contribution in [-0.4, -0.2) is 38.8 Å². The molecule has 156 valence electrons. The molecule has 9 heteroatoms. The van der Waals surface area contributed by atoms with Crippen LogP contribution in [0, 0.1) is 0 Å². The fourth-order valence-corrected chi connectivity index (χ4v) is 5.55. The van der Waals surface area contributed by atoms with Crippen molar-refractivity contribution in [2.24, 2.45) is 0 Å². The molecule has 0 unspecified atom stereocenters. The normalized spacial score (nSPS) is 15.2. The van der Waals surface area contributed by atoms with E-state index in [1.165, 1.54) is 15.6 Å². The van der Waals surface area contributed by atoms with E-state index in [9.17, 15) is 13.2 Å². The minimum absolute atomic E-state index is 0.0394. The molecule has 1 fully saturated rings. The first-order chi connectivity index (χ1) is 14.5. The SMILES string of the molecule is COc1ccc(-c2nc(COC(=O)c3cccc(N4CCCS4(=O)=O)c3)cs2)cc1. The van der Waals surface area contributed by atoms with Crippen LogP contribution in [0.5, 0.6) is 5.75 Å². The number of methoxy groups -OCH3 is 1. The molecule has 1 aliphatic rings. The first kappa shape index (κ1) is 20.4. The second kappa shape index (κ2) is 8.45. The highest BCUT2D eigenvalue weighted by Gasteiger charge is 2.28. The van der Waals surface area contributed by atoms with Crippen LogP contribution < -0.4 is 9.04 Å². The molecule has 4 rings (SSSR count). The van der Waals surface area contributed by atoms with Gasteiger partial charge in [-0.3, -0.25) is 4.31 Å². The monoisotopic (exact) mass is 444 g/mol. The molecule has 3 aromatic rings. The predicted octanol–water partition coefficient (Wildman–Crippen LogP) is 3.72. The Bertz CT molecular complexity index is 1160. The molecule has 2 heterocycles. The first-order valence-corrected chi connectivity index (χ1v) is 11.8. The van der Waals surface area contributed by atoms with Gasteiger partial charge in [0.25, 0.3) is 0 Å². The van der Waals surface area contributed by atoms with Gasteiger partial charge in [0.05, 0.1) is 29.8 Å². The Morgan fingerprint density at radius 1 is 1.20 bits per heavy atom. The van der Waals surface area contributed by atoms with E-state index < -0.39 is 16.0 Å². The number of ether oxygens (including phenoxy) is 2. The number of aromatic nitrogens is 1. The van der Waals surface area contributed by atoms with Crippen molar-refractivity contribution in [1.29, 1.82) is 0 Å². The molecule has 0 amide bonds. The molecule has 0 aliphatic carbocycles. The Morgan fingerprint density at radius 2 is 2.00 bits per heavy atom. The smallest absolute Gasteiger partial charge is 0.338 e. The summed E-state index contributed by atoms with van der Waals surface area (Å²) in [5.74, 6) is 0.378. The number of anilines is 1. The summed E-state index contributed by atoms with van der Waals surface area (Å²) in [7, 11) is -1.69. The molecule has 0 atom stereocenters. The van der Waals surface area contributed by atoms with Crippen molar-refractivity contribution >= 4 is 33.0 Å². The van der Waals surface area contributed by atoms with Crippen LogP contribution in [0.3, 0.4) is 0 Å². The number of esters is 1. The molecule has 30 heavy (non-hydrogen) atoms. The lowest BCUT2D eigenvalue weighted by atomic mass is 10.2. The van der Waals surface area contributed by atoms with E-state index in [-0.39, 0.29) is 12.4 Å². The lowest BCUT2D eigenvalue weighted by molar-refractivity contribution is 0.0468. The van der Waals surface area contributed by atoms with Gasteiger partial charge in [-0.2, -0.15) is 0 Å². The molecule has 1 aliphatic heterocycles. The summed E-state index contributed by atoms with van der Waals surface area (Å²) in [5.41, 5.74) is 2.40. The quantitative estimate of drug-likeness (QED) is 0.539. The number of carbonyl (C=O) groups is 1. The highest BCUT2D eigenvalue weighted by atomic mass is 32.2. The van der Waals surface area contributed by atoms with Gasteiger partial charge in [-0.1, -0.05) is 6.07 Å². The summed E-state index contributed by atoms with van der Waals surface area (Å²) in [6.07, 6.45) is 0.581. The zero-order chi connectivity index (χ0) is 21.1. The van der Waals surface area contributed by atoms with E-state index in [0.717, 1.165) is 16.3 Å². The number of hydrogen-bond donors (Lipinski definition) is 0. The maximum Gasteiger partial charge on any atom is 0.338 e. The zero-order valence-corrected chi connectivity index (χ0v) is 17.9. The van der Waals surface area contributed by atoms with E-state index in [0.29, 0.717) is 29.9 Å². The number of benzene rings is 2. The van der Waals surface area contributed by atoms with E-state index >= 15 is 0 Å². The van der Waals surface area contributed by atoms with Gasteiger partial charge in [-0.05, 0) is 48.9 Å². The molecular formula is C21H20N2O5S2. The van der Waals surface area contributed by atoms with Crippen LogP contribution in [0.2, 0.25) is 0 Å². The second-order valence-electron chi connectivity index (χ2n) is 6.74. The average Bonchev–Trinajstić information content (AvgIpc) is 3.38. The molecule has 0 bridgehead atoms. The molecule has 0 spiro atoms. The summed E-state index contributed by atoms with van der Waals surface area (Å²) in [6, 6.07) is 14.1. The zero-order valence-electron chi connectivity index (χ0n) is 16.3. The van der Waals surface area contributed by atoms with Crippen molar-refractivity contribution in [1.82, 2.24) is 4.98 Å². The van der Waals surface area contributed by atoms with E-state index in [1.54, 1.807) is 31.4 Å². The van der Waals surface area contributed by atoms with Gasteiger partial charge in [0.15, 0.2) is 0 Å². The van der Waals surface area contributed by atoms with Crippen molar-refractivity contribution < 1.29 is 22.7 Å². The highest BCUT2D eigenvalue weighted by Crippen LogP contribution is 2.27. The van der Waals surface area contributed by atoms with Crippen LogP contribution in [0.15, 0.2) is 53.9 Å². The molecule has 1 aromatic heterocycles. The Morgan fingerprint density at radius 3 is 2.70 bits per heavy atom. The van der Waals surface area contributed by atoms with Gasteiger partial charge in [-0.25, -0.2) is 18.2 Å². The number of sulfonamides is 1. The fraction of sp³-hybridized carbons (Fsp3) is 0.238. The third-order valence-electron chi connectivity index (χ3n) is 4.71. The number of rotatable bonds is 6. The number of nitrogens with zero attached hydrogens (tertiary/aromatic N) is 2. The van der Waals surface area contributed by atoms with Crippen LogP contribution >= 0.6 is 11.3 Å². The topological polar surface area (TPSA) is 85.8 Å². The molecule has 2 aromatic carbocycles. The number of hydrogen-bond acceptors (Lipinski definition) is 7. The van der Waals surface area contributed by atoms with Crippen LogP contribution in [0.1, 0.15) is 22.5 Å². The predicted molar refractivity (Wildman–Crippen MR) is 115 cm³/mol. The number of thiazole rings is 1. The largest absolute Gasteiger partial charge is 0.497 e. The molecule has 0 saturated carbocycles. The van der Waals surface area contributed by atoms with Gasteiger partial charge < -0.3 is 9.47 Å². The third-order valence-corrected chi connectivity index (χ3v) is 7.52. The standard InChI is InChI=1S/C21H20N2O5S2/c1-27-19-8-6-15(7-9-19)20-22-17(14-29-20)13-28-21(24)16-4-2-5-18(12-16)23-10-3-11-30(23,25)26/h2,4-9,12,14H,3,10-11,13H2,1H3. The van der Waals surface area contributed by atoms with E-state index in [4.69, 9.17) is 9.47 Å². The summed E-state index contributed by atoms with van der Waals surface area (Å²) in [5, 5.41) is 2.67. The van der Waals surface area contributed by atoms with Gasteiger partial charge in [-0.15, -0.1) is 11.3 Å². The van der Waals surface area contributed by atoms with Gasteiger partial charge in [0.2, 0.25) is 10.0 Å². The van der Waals surface area contributed by atoms with E-state index in [2.05, 4.69) is 4.98 Å². The third kappa shape index (κ3) is 4.31. The summed E-state index contributed by atoms with van der Waals surface area (Å²) in [4.78, 5) is 17.0. The number of carbonyl (C=O) groups excluding carboxylic acids is 1. The molecule has 1 saturated heterocycles. The summed E-state index contributed by atoms with van der Waals surface area (Å²) in [6.45, 7) is 0.464. The Labute approximate surface area is 178 Å². The van der Waals surface area contributed by atoms with E-state index in [1.807, 2.05) is 29.6 Å². The van der Waals surface area contributed by atoms with Crippen molar-refractivity contribution in [3.8, 4) is 16.3 Å². The summed E-state index contributed by atoms with van der Waals surface area (Å²) >= 11 is 1.47. The molecule has 0 radical (unpaired) electrons. The van der Waals surface area contributed by atoms with Crippen molar-refractivity contribution in [2.45, 2.75) is 13.0 Å². The Hall–Kier alpha value is -2.91. The lowest BCUT2D eigenvalue weighted by Gasteiger charge is -2.17. The van der Waals surface area contributed by atoms with Crippen LogP contribution in [0.25, 0.3) is 10.6 Å².